The van der Waals surface area contributed by atoms with Crippen molar-refractivity contribution in [2.45, 2.75) is 27.7 Å². The molecule has 0 bridgehead atoms. The highest BCUT2D eigenvalue weighted by atomic mass is 16.5. The first-order valence-electron chi connectivity index (χ1n) is 7.95. The van der Waals surface area contributed by atoms with Gasteiger partial charge in [-0.15, -0.1) is 0 Å². The van der Waals surface area contributed by atoms with E-state index >= 15 is 0 Å². The van der Waals surface area contributed by atoms with Crippen LogP contribution in [0.2, 0.25) is 0 Å². The summed E-state index contributed by atoms with van der Waals surface area (Å²) in [4.78, 5) is 24.0. The minimum Gasteiger partial charge on any atom is -0.488 e. The topological polar surface area (TPSA) is 69.1 Å². The Labute approximate surface area is 137 Å². The van der Waals surface area contributed by atoms with Gasteiger partial charge < -0.3 is 14.4 Å². The van der Waals surface area contributed by atoms with Crippen molar-refractivity contribution in [3.63, 3.8) is 0 Å². The van der Waals surface area contributed by atoms with E-state index in [9.17, 15) is 9.59 Å². The number of amides is 2. The van der Waals surface area contributed by atoms with Gasteiger partial charge in [-0.2, -0.15) is 0 Å². The molecule has 0 fully saturated rings. The Morgan fingerprint density at radius 1 is 1.13 bits per heavy atom. The summed E-state index contributed by atoms with van der Waals surface area (Å²) in [5, 5.41) is 2.21. The number of nitrogens with one attached hydrogen (secondary N) is 2. The number of quaternary nitrogens is 1. The van der Waals surface area contributed by atoms with E-state index in [0.29, 0.717) is 13.2 Å². The van der Waals surface area contributed by atoms with E-state index in [4.69, 9.17) is 4.74 Å². The number of hydrogen-bond acceptors (Lipinski definition) is 4. The van der Waals surface area contributed by atoms with Crippen molar-refractivity contribution >= 4 is 12.0 Å². The Balaban J connectivity index is 2.38. The molecule has 1 unspecified atom stereocenters. The lowest BCUT2D eigenvalue weighted by Gasteiger charge is -2.17. The molecule has 2 N–H and O–H groups in total. The van der Waals surface area contributed by atoms with Gasteiger partial charge in [0.1, 0.15) is 18.9 Å². The van der Waals surface area contributed by atoms with Crippen LogP contribution in [0.4, 0.5) is 4.79 Å². The Morgan fingerprint density at radius 2 is 1.78 bits per heavy atom. The maximum Gasteiger partial charge on any atom is 0.414 e. The third-order valence-corrected chi connectivity index (χ3v) is 3.35. The van der Waals surface area contributed by atoms with Gasteiger partial charge in [-0.1, -0.05) is 6.07 Å². The number of rotatable bonds is 8. The zero-order valence-electron chi connectivity index (χ0n) is 14.4. The van der Waals surface area contributed by atoms with E-state index in [2.05, 4.69) is 16.1 Å². The van der Waals surface area contributed by atoms with E-state index in [1.165, 1.54) is 0 Å². The molecule has 0 heterocycles. The first-order valence-corrected chi connectivity index (χ1v) is 7.95. The van der Waals surface area contributed by atoms with E-state index in [1.54, 1.807) is 6.92 Å². The van der Waals surface area contributed by atoms with Crippen LogP contribution >= 0.6 is 0 Å². The Kier molecular flexibility index (Phi) is 8.11. The van der Waals surface area contributed by atoms with Gasteiger partial charge in [0.15, 0.2) is 6.54 Å². The lowest BCUT2D eigenvalue weighted by molar-refractivity contribution is -0.890. The van der Waals surface area contributed by atoms with Crippen LogP contribution in [0, 0.1) is 13.8 Å². The molecule has 0 aliphatic heterocycles. The minimum absolute atomic E-state index is 0.214. The van der Waals surface area contributed by atoms with Crippen LogP contribution < -0.4 is 15.0 Å². The van der Waals surface area contributed by atoms with Crippen LogP contribution in [-0.2, 0) is 9.53 Å². The molecule has 6 heteroatoms. The molecule has 128 valence electrons. The first-order chi connectivity index (χ1) is 10.9. The number of carbonyl (C=O) groups excluding carboxylic acids is 2. The van der Waals surface area contributed by atoms with E-state index in [1.807, 2.05) is 32.9 Å². The second-order valence-electron chi connectivity index (χ2n) is 5.47. The standard InChI is InChI=1S/C17H26N2O4/c1-5-19(12-16(20)18-17(21)22-6-2)7-8-23-15-10-13(3)9-14(4)11-15/h9-11H,5-8,12H2,1-4H3,(H,18,20,21)/p+1. The van der Waals surface area contributed by atoms with Crippen LogP contribution in [-0.4, -0.2) is 44.8 Å². The summed E-state index contributed by atoms with van der Waals surface area (Å²) in [5.74, 6) is 0.501. The maximum absolute atomic E-state index is 11.7. The summed E-state index contributed by atoms with van der Waals surface area (Å²) in [6.07, 6.45) is -0.695. The molecule has 0 aliphatic rings. The lowest BCUT2D eigenvalue weighted by Crippen LogP contribution is -3.13. The normalized spacial score (nSPS) is 11.7. The third-order valence-electron chi connectivity index (χ3n) is 3.35. The van der Waals surface area contributed by atoms with E-state index < -0.39 is 6.09 Å². The minimum atomic E-state index is -0.695. The van der Waals surface area contributed by atoms with Crippen LogP contribution in [0.15, 0.2) is 18.2 Å². The molecule has 1 atom stereocenters. The molecule has 0 saturated heterocycles. The quantitative estimate of drug-likeness (QED) is 0.744. The van der Waals surface area contributed by atoms with Crippen molar-refractivity contribution in [1.82, 2.24) is 5.32 Å². The first kappa shape index (κ1) is 19.0. The highest BCUT2D eigenvalue weighted by Crippen LogP contribution is 2.15. The molecular formula is C17H27N2O4+. The SMILES string of the molecule is CCOC(=O)NC(=O)C[NH+](CC)CCOc1cc(C)cc(C)c1. The maximum atomic E-state index is 11.7. The average Bonchev–Trinajstić information content (AvgIpc) is 2.45. The molecular weight excluding hydrogens is 296 g/mol. The smallest absolute Gasteiger partial charge is 0.414 e. The number of hydrogen-bond donors (Lipinski definition) is 2. The van der Waals surface area contributed by atoms with Crippen LogP contribution in [0.1, 0.15) is 25.0 Å². The summed E-state index contributed by atoms with van der Waals surface area (Å²) in [7, 11) is 0. The fourth-order valence-corrected chi connectivity index (χ4v) is 2.27. The highest BCUT2D eigenvalue weighted by Gasteiger charge is 2.15. The van der Waals surface area contributed by atoms with Gasteiger partial charge in [0.25, 0.3) is 5.91 Å². The van der Waals surface area contributed by atoms with Gasteiger partial charge in [0.05, 0.1) is 13.2 Å². The molecule has 2 amide bonds. The summed E-state index contributed by atoms with van der Waals surface area (Å²) in [6, 6.07) is 6.08. The summed E-state index contributed by atoms with van der Waals surface area (Å²) in [5.41, 5.74) is 2.32. The van der Waals surface area contributed by atoms with E-state index in [-0.39, 0.29) is 19.1 Å². The Hall–Kier alpha value is -2.08. The molecule has 1 rings (SSSR count). The second kappa shape index (κ2) is 9.84. The van der Waals surface area contributed by atoms with Crippen molar-refractivity contribution < 1.29 is 24.0 Å². The van der Waals surface area contributed by atoms with Crippen LogP contribution in [0.3, 0.4) is 0 Å². The van der Waals surface area contributed by atoms with Gasteiger partial charge in [-0.3, -0.25) is 10.1 Å². The molecule has 0 saturated carbocycles. The molecule has 0 radical (unpaired) electrons. The van der Waals surface area contributed by atoms with Crippen molar-refractivity contribution in [3.8, 4) is 5.75 Å². The van der Waals surface area contributed by atoms with Crippen LogP contribution in [0.5, 0.6) is 5.75 Å². The summed E-state index contributed by atoms with van der Waals surface area (Å²) >= 11 is 0. The van der Waals surface area contributed by atoms with Crippen molar-refractivity contribution in [2.75, 3.05) is 32.8 Å². The summed E-state index contributed by atoms with van der Waals surface area (Å²) in [6.45, 7) is 10.2. The zero-order valence-corrected chi connectivity index (χ0v) is 14.4. The van der Waals surface area contributed by atoms with Gasteiger partial charge in [0, 0.05) is 0 Å². The fraction of sp³-hybridized carbons (Fsp3) is 0.529. The van der Waals surface area contributed by atoms with Gasteiger partial charge >= 0.3 is 6.09 Å². The number of benzene rings is 1. The number of alkyl carbamates (subject to hydrolysis) is 1. The number of likely N-dealkylation sites (N-methyl/N-ethyl adjacent to an activating group) is 1. The molecule has 1 aromatic carbocycles. The van der Waals surface area contributed by atoms with Crippen molar-refractivity contribution in [3.05, 3.63) is 29.3 Å². The molecule has 6 nitrogen and oxygen atoms in total. The van der Waals surface area contributed by atoms with E-state index in [0.717, 1.165) is 28.3 Å². The van der Waals surface area contributed by atoms with Crippen molar-refractivity contribution in [2.24, 2.45) is 0 Å². The largest absolute Gasteiger partial charge is 0.488 e. The monoisotopic (exact) mass is 323 g/mol. The van der Waals surface area contributed by atoms with Crippen molar-refractivity contribution in [1.29, 1.82) is 0 Å². The predicted octanol–water partition coefficient (Wildman–Crippen LogP) is 0.860. The molecule has 0 aliphatic carbocycles. The molecule has 23 heavy (non-hydrogen) atoms. The third kappa shape index (κ3) is 7.65. The number of carbonyl (C=O) groups is 2. The van der Waals surface area contributed by atoms with Gasteiger partial charge in [0.2, 0.25) is 0 Å². The Bertz CT molecular complexity index is 511. The molecule has 0 spiro atoms. The second-order valence-corrected chi connectivity index (χ2v) is 5.47. The molecule has 0 aromatic heterocycles. The van der Waals surface area contributed by atoms with Gasteiger partial charge in [-0.25, -0.2) is 4.79 Å². The summed E-state index contributed by atoms with van der Waals surface area (Å²) < 4.78 is 10.4. The Morgan fingerprint density at radius 3 is 2.35 bits per heavy atom. The highest BCUT2D eigenvalue weighted by molar-refractivity contribution is 5.92. The lowest BCUT2D eigenvalue weighted by atomic mass is 10.1. The van der Waals surface area contributed by atoms with Gasteiger partial charge in [-0.05, 0) is 51.0 Å². The number of imide groups is 1. The predicted molar refractivity (Wildman–Crippen MR) is 87.8 cm³/mol. The average molecular weight is 323 g/mol. The zero-order chi connectivity index (χ0) is 17.2. The van der Waals surface area contributed by atoms with Crippen LogP contribution in [0.25, 0.3) is 0 Å². The number of ether oxygens (including phenoxy) is 2. The fourth-order valence-electron chi connectivity index (χ4n) is 2.27. The molecule has 1 aromatic rings. The number of aryl methyl sites for hydroxylation is 2.